The quantitative estimate of drug-likeness (QED) is 0.750. The molecule has 1 atom stereocenters. The van der Waals surface area contributed by atoms with Gasteiger partial charge in [-0.15, -0.1) is 0 Å². The van der Waals surface area contributed by atoms with Crippen molar-refractivity contribution >= 4 is 22.8 Å². The van der Waals surface area contributed by atoms with Crippen molar-refractivity contribution in [2.45, 2.75) is 12.5 Å². The van der Waals surface area contributed by atoms with Gasteiger partial charge in [-0.1, -0.05) is 30.3 Å². The van der Waals surface area contributed by atoms with Crippen molar-refractivity contribution in [1.82, 2.24) is 10.3 Å². The number of aliphatic carboxylic acids is 1. The fourth-order valence-electron chi connectivity index (χ4n) is 2.59. The van der Waals surface area contributed by atoms with E-state index in [2.05, 4.69) is 10.3 Å². The van der Waals surface area contributed by atoms with Gasteiger partial charge >= 0.3 is 5.97 Å². The molecule has 0 unspecified atom stereocenters. The summed E-state index contributed by atoms with van der Waals surface area (Å²) in [5.74, 6) is -2.05. The molecular formula is C19H15FN2O3. The van der Waals surface area contributed by atoms with Crippen LogP contribution in [0, 0.1) is 5.82 Å². The maximum Gasteiger partial charge on any atom is 0.326 e. The largest absolute Gasteiger partial charge is 0.480 e. The Bertz CT molecular complexity index is 920. The number of carbonyl (C=O) groups is 2. The number of para-hydroxylation sites is 1. The third-order valence-corrected chi connectivity index (χ3v) is 3.85. The van der Waals surface area contributed by atoms with Gasteiger partial charge in [-0.25, -0.2) is 9.18 Å². The van der Waals surface area contributed by atoms with E-state index in [1.54, 1.807) is 24.3 Å². The molecule has 2 aromatic carbocycles. The van der Waals surface area contributed by atoms with Gasteiger partial charge in [0, 0.05) is 18.0 Å². The van der Waals surface area contributed by atoms with Gasteiger partial charge in [0.2, 0.25) is 0 Å². The fraction of sp³-hybridized carbons (Fsp3) is 0.105. The number of amides is 1. The number of fused-ring (bicyclic) bond motifs is 1. The van der Waals surface area contributed by atoms with Gasteiger partial charge in [0.15, 0.2) is 0 Å². The van der Waals surface area contributed by atoms with Crippen LogP contribution in [0.5, 0.6) is 0 Å². The van der Waals surface area contributed by atoms with Crippen molar-refractivity contribution in [3.63, 3.8) is 0 Å². The summed E-state index contributed by atoms with van der Waals surface area (Å²) in [5.41, 5.74) is 1.63. The number of carbonyl (C=O) groups excluding carboxylic acids is 1. The van der Waals surface area contributed by atoms with E-state index in [1.165, 1.54) is 30.5 Å². The van der Waals surface area contributed by atoms with Crippen molar-refractivity contribution < 1.29 is 19.1 Å². The van der Waals surface area contributed by atoms with E-state index in [4.69, 9.17) is 0 Å². The minimum atomic E-state index is -1.16. The van der Waals surface area contributed by atoms with Crippen LogP contribution in [0.1, 0.15) is 15.9 Å². The normalized spacial score (nSPS) is 11.9. The Hall–Kier alpha value is -3.28. The third-order valence-electron chi connectivity index (χ3n) is 3.85. The lowest BCUT2D eigenvalue weighted by Crippen LogP contribution is -2.42. The third kappa shape index (κ3) is 3.80. The topological polar surface area (TPSA) is 79.3 Å². The number of halogens is 1. The number of benzene rings is 2. The Balaban J connectivity index is 1.83. The summed E-state index contributed by atoms with van der Waals surface area (Å²) in [5, 5.41) is 12.6. The number of aromatic nitrogens is 1. The Morgan fingerprint density at radius 2 is 1.80 bits per heavy atom. The molecule has 1 aromatic heterocycles. The number of rotatable bonds is 5. The van der Waals surface area contributed by atoms with Crippen LogP contribution >= 0.6 is 0 Å². The molecule has 3 aromatic rings. The summed E-state index contributed by atoms with van der Waals surface area (Å²) < 4.78 is 13.0. The van der Waals surface area contributed by atoms with Gasteiger partial charge in [0.25, 0.3) is 5.91 Å². The molecule has 2 N–H and O–H groups in total. The second-order valence-corrected chi connectivity index (χ2v) is 5.57. The molecule has 1 amide bonds. The summed E-state index contributed by atoms with van der Waals surface area (Å²) in [6.07, 6.45) is 1.57. The molecule has 126 valence electrons. The molecule has 0 spiro atoms. The Morgan fingerprint density at radius 3 is 2.52 bits per heavy atom. The van der Waals surface area contributed by atoms with Crippen LogP contribution in [-0.2, 0) is 11.2 Å². The van der Waals surface area contributed by atoms with Crippen molar-refractivity contribution in [3.05, 3.63) is 77.7 Å². The van der Waals surface area contributed by atoms with Crippen molar-refractivity contribution in [3.8, 4) is 0 Å². The second-order valence-electron chi connectivity index (χ2n) is 5.57. The summed E-state index contributed by atoms with van der Waals surface area (Å²) in [6.45, 7) is 0. The fourth-order valence-corrected chi connectivity index (χ4v) is 2.59. The highest BCUT2D eigenvalue weighted by Crippen LogP contribution is 2.16. The number of carboxylic acids is 1. The van der Waals surface area contributed by atoms with Crippen LogP contribution < -0.4 is 5.32 Å². The highest BCUT2D eigenvalue weighted by molar-refractivity contribution is 6.06. The lowest BCUT2D eigenvalue weighted by molar-refractivity contribution is -0.139. The first-order chi connectivity index (χ1) is 12.0. The molecule has 0 aliphatic carbocycles. The Morgan fingerprint density at radius 1 is 1.08 bits per heavy atom. The standard InChI is InChI=1S/C19H15FN2O3/c20-13-7-5-12(6-8-13)11-17(19(24)25)22-18(23)15-9-10-21-16-4-2-1-3-14(15)16/h1-10,17H,11H2,(H,22,23)(H,24,25)/t17-/m0/s1. The maximum atomic E-state index is 13.0. The number of hydrogen-bond acceptors (Lipinski definition) is 3. The first kappa shape index (κ1) is 16.6. The van der Waals surface area contributed by atoms with E-state index in [0.29, 0.717) is 22.0 Å². The van der Waals surface area contributed by atoms with Crippen molar-refractivity contribution in [2.24, 2.45) is 0 Å². The van der Waals surface area contributed by atoms with Gasteiger partial charge in [0.05, 0.1) is 11.1 Å². The molecule has 0 radical (unpaired) electrons. The molecule has 0 bridgehead atoms. The lowest BCUT2D eigenvalue weighted by Gasteiger charge is -2.15. The molecule has 0 aliphatic heterocycles. The minimum absolute atomic E-state index is 0.0599. The van der Waals surface area contributed by atoms with Crippen LogP contribution in [0.15, 0.2) is 60.8 Å². The van der Waals surface area contributed by atoms with E-state index >= 15 is 0 Å². The number of nitrogens with one attached hydrogen (secondary N) is 1. The molecule has 6 heteroatoms. The maximum absolute atomic E-state index is 13.0. The second kappa shape index (κ2) is 7.09. The van der Waals surface area contributed by atoms with E-state index in [1.807, 2.05) is 6.07 Å². The predicted molar refractivity (Wildman–Crippen MR) is 90.7 cm³/mol. The van der Waals surface area contributed by atoms with Gasteiger partial charge < -0.3 is 10.4 Å². The highest BCUT2D eigenvalue weighted by atomic mass is 19.1. The van der Waals surface area contributed by atoms with E-state index in [9.17, 15) is 19.1 Å². The molecule has 5 nitrogen and oxygen atoms in total. The van der Waals surface area contributed by atoms with Crippen LogP contribution in [0.25, 0.3) is 10.9 Å². The average molecular weight is 338 g/mol. The molecule has 0 fully saturated rings. The SMILES string of the molecule is O=C(N[C@@H](Cc1ccc(F)cc1)C(=O)O)c1ccnc2ccccc12. The summed E-state index contributed by atoms with van der Waals surface area (Å²) >= 11 is 0. The highest BCUT2D eigenvalue weighted by Gasteiger charge is 2.22. The van der Waals surface area contributed by atoms with Crippen molar-refractivity contribution in [2.75, 3.05) is 0 Å². The molecule has 0 aliphatic rings. The Kier molecular flexibility index (Phi) is 4.70. The number of pyridine rings is 1. The summed E-state index contributed by atoms with van der Waals surface area (Å²) in [6, 6.07) is 13.1. The summed E-state index contributed by atoms with van der Waals surface area (Å²) in [4.78, 5) is 28.2. The van der Waals surface area contributed by atoms with E-state index in [0.717, 1.165) is 0 Å². The van der Waals surface area contributed by atoms with Gasteiger partial charge in [-0.05, 0) is 29.8 Å². The van der Waals surface area contributed by atoms with Gasteiger partial charge in [0.1, 0.15) is 11.9 Å². The van der Waals surface area contributed by atoms with Crippen LogP contribution in [-0.4, -0.2) is 28.0 Å². The molecule has 0 saturated heterocycles. The Labute approximate surface area is 143 Å². The van der Waals surface area contributed by atoms with Crippen LogP contribution in [0.3, 0.4) is 0 Å². The van der Waals surface area contributed by atoms with Crippen molar-refractivity contribution in [1.29, 1.82) is 0 Å². The van der Waals surface area contributed by atoms with Gasteiger partial charge in [-0.3, -0.25) is 9.78 Å². The molecule has 1 heterocycles. The number of hydrogen-bond donors (Lipinski definition) is 2. The predicted octanol–water partition coefficient (Wildman–Crippen LogP) is 2.80. The van der Waals surface area contributed by atoms with Crippen LogP contribution in [0.4, 0.5) is 4.39 Å². The molecule has 3 rings (SSSR count). The van der Waals surface area contributed by atoms with E-state index < -0.39 is 23.7 Å². The first-order valence-electron chi connectivity index (χ1n) is 7.66. The molecule has 0 saturated carbocycles. The van der Waals surface area contributed by atoms with E-state index in [-0.39, 0.29) is 6.42 Å². The zero-order chi connectivity index (χ0) is 17.8. The zero-order valence-electron chi connectivity index (χ0n) is 13.1. The number of nitrogens with zero attached hydrogens (tertiary/aromatic N) is 1. The van der Waals surface area contributed by atoms with Gasteiger partial charge in [-0.2, -0.15) is 0 Å². The summed E-state index contributed by atoms with van der Waals surface area (Å²) in [7, 11) is 0. The monoisotopic (exact) mass is 338 g/mol. The zero-order valence-corrected chi connectivity index (χ0v) is 13.1. The average Bonchev–Trinajstić information content (AvgIpc) is 2.62. The molecule has 25 heavy (non-hydrogen) atoms. The minimum Gasteiger partial charge on any atom is -0.480 e. The smallest absolute Gasteiger partial charge is 0.326 e. The molecular weight excluding hydrogens is 323 g/mol. The lowest BCUT2D eigenvalue weighted by atomic mass is 10.0. The first-order valence-corrected chi connectivity index (χ1v) is 7.66. The number of carboxylic acid groups (broad SMARTS) is 1. The van der Waals surface area contributed by atoms with Crippen LogP contribution in [0.2, 0.25) is 0 Å².